The van der Waals surface area contributed by atoms with Crippen LogP contribution in [0.25, 0.3) is 5.65 Å². The monoisotopic (exact) mass is 281 g/mol. The molecule has 0 radical (unpaired) electrons. The molecule has 0 bridgehead atoms. The number of aryl methyl sites for hydroxylation is 1. The number of carbonyl (C=O) groups excluding carboxylic acids is 1. The van der Waals surface area contributed by atoms with E-state index in [0.717, 1.165) is 17.0 Å². The van der Waals surface area contributed by atoms with E-state index < -0.39 is 0 Å². The Hall–Kier alpha value is -2.82. The third-order valence-corrected chi connectivity index (χ3v) is 3.21. The lowest BCUT2D eigenvalue weighted by atomic mass is 10.3. The molecule has 1 amide bonds. The molecule has 106 valence electrons. The normalized spacial score (nSPS) is 10.5. The van der Waals surface area contributed by atoms with Gasteiger partial charge in [-0.3, -0.25) is 4.79 Å². The van der Waals surface area contributed by atoms with Crippen LogP contribution in [0, 0.1) is 6.92 Å². The number of ether oxygens (including phenoxy) is 1. The zero-order chi connectivity index (χ0) is 14.7. The number of nitrogens with zero attached hydrogens (tertiary/aromatic N) is 2. The Balaban J connectivity index is 1.67. The maximum Gasteiger partial charge on any atom is 0.262 e. The van der Waals surface area contributed by atoms with Gasteiger partial charge < -0.3 is 14.5 Å². The van der Waals surface area contributed by atoms with Gasteiger partial charge in [-0.1, -0.05) is 18.2 Å². The molecule has 0 saturated heterocycles. The number of benzene rings is 1. The van der Waals surface area contributed by atoms with Gasteiger partial charge in [-0.15, -0.1) is 0 Å². The molecule has 1 aromatic carbocycles. The second-order valence-corrected chi connectivity index (χ2v) is 4.64. The molecule has 0 fully saturated rings. The lowest BCUT2D eigenvalue weighted by molar-refractivity contribution is -0.118. The average Bonchev–Trinajstić information content (AvgIpc) is 2.98. The highest BCUT2D eigenvalue weighted by atomic mass is 16.5. The number of hydrogen-bond acceptors (Lipinski definition) is 3. The summed E-state index contributed by atoms with van der Waals surface area (Å²) in [6.45, 7) is 1.91. The number of imidazole rings is 1. The molecule has 2 heterocycles. The number of hydrogen-bond donors (Lipinski definition) is 1. The highest BCUT2D eigenvalue weighted by Crippen LogP contribution is 2.16. The van der Waals surface area contributed by atoms with E-state index in [9.17, 15) is 4.79 Å². The van der Waals surface area contributed by atoms with Gasteiger partial charge in [-0.05, 0) is 31.2 Å². The summed E-state index contributed by atoms with van der Waals surface area (Å²) in [5.41, 5.74) is 2.53. The minimum atomic E-state index is -0.193. The van der Waals surface area contributed by atoms with Crippen molar-refractivity contribution in [1.29, 1.82) is 0 Å². The Bertz CT molecular complexity index is 766. The van der Waals surface area contributed by atoms with Gasteiger partial charge in [0.1, 0.15) is 11.4 Å². The lowest BCUT2D eigenvalue weighted by Gasteiger charge is -2.11. The van der Waals surface area contributed by atoms with E-state index in [2.05, 4.69) is 10.3 Å². The summed E-state index contributed by atoms with van der Waals surface area (Å²) >= 11 is 0. The summed E-state index contributed by atoms with van der Waals surface area (Å²) in [6, 6.07) is 13.0. The topological polar surface area (TPSA) is 55.6 Å². The van der Waals surface area contributed by atoms with Crippen molar-refractivity contribution in [3.05, 3.63) is 60.6 Å². The maximum absolute atomic E-state index is 12.0. The van der Waals surface area contributed by atoms with E-state index in [-0.39, 0.29) is 12.5 Å². The molecule has 0 saturated carbocycles. The van der Waals surface area contributed by atoms with Crippen molar-refractivity contribution in [3.63, 3.8) is 0 Å². The first kappa shape index (κ1) is 13.2. The number of carbonyl (C=O) groups is 1. The molecule has 0 spiro atoms. The van der Waals surface area contributed by atoms with Gasteiger partial charge in [-0.25, -0.2) is 4.98 Å². The Labute approximate surface area is 122 Å². The first-order valence-electron chi connectivity index (χ1n) is 6.64. The fourth-order valence-corrected chi connectivity index (χ4v) is 2.11. The van der Waals surface area contributed by atoms with E-state index in [0.29, 0.717) is 5.75 Å². The summed E-state index contributed by atoms with van der Waals surface area (Å²) in [6.07, 6.45) is 3.59. The molecule has 5 heteroatoms. The third kappa shape index (κ3) is 2.86. The van der Waals surface area contributed by atoms with Crippen LogP contribution in [0.5, 0.6) is 5.75 Å². The van der Waals surface area contributed by atoms with Crippen LogP contribution in [0.15, 0.2) is 54.9 Å². The zero-order valence-electron chi connectivity index (χ0n) is 11.6. The molecule has 3 rings (SSSR count). The summed E-state index contributed by atoms with van der Waals surface area (Å²) in [5.74, 6) is 0.482. The van der Waals surface area contributed by atoms with Crippen LogP contribution in [0.4, 0.5) is 5.69 Å². The molecule has 3 aromatic rings. The molecular formula is C16H15N3O2. The van der Waals surface area contributed by atoms with Crippen LogP contribution in [0.2, 0.25) is 0 Å². The van der Waals surface area contributed by atoms with Crippen LogP contribution < -0.4 is 10.1 Å². The molecule has 21 heavy (non-hydrogen) atoms. The Morgan fingerprint density at radius 2 is 2.05 bits per heavy atom. The second-order valence-electron chi connectivity index (χ2n) is 4.64. The van der Waals surface area contributed by atoms with Crippen molar-refractivity contribution in [2.75, 3.05) is 11.9 Å². The van der Waals surface area contributed by atoms with E-state index in [1.807, 2.05) is 60.0 Å². The van der Waals surface area contributed by atoms with Crippen LogP contribution in [-0.4, -0.2) is 21.9 Å². The number of fused-ring (bicyclic) bond motifs is 1. The summed E-state index contributed by atoms with van der Waals surface area (Å²) in [4.78, 5) is 16.2. The first-order valence-corrected chi connectivity index (χ1v) is 6.64. The highest BCUT2D eigenvalue weighted by Gasteiger charge is 2.08. The number of aromatic nitrogens is 2. The van der Waals surface area contributed by atoms with Crippen molar-refractivity contribution < 1.29 is 9.53 Å². The van der Waals surface area contributed by atoms with Crippen LogP contribution in [0.1, 0.15) is 5.69 Å². The third-order valence-electron chi connectivity index (χ3n) is 3.21. The smallest absolute Gasteiger partial charge is 0.262 e. The minimum Gasteiger partial charge on any atom is -0.484 e. The summed E-state index contributed by atoms with van der Waals surface area (Å²) in [5, 5.41) is 2.85. The van der Waals surface area contributed by atoms with Crippen molar-refractivity contribution in [2.45, 2.75) is 6.92 Å². The minimum absolute atomic E-state index is 0.0224. The molecule has 1 N–H and O–H groups in total. The van der Waals surface area contributed by atoms with E-state index in [4.69, 9.17) is 4.74 Å². The summed E-state index contributed by atoms with van der Waals surface area (Å²) in [7, 11) is 0. The summed E-state index contributed by atoms with van der Waals surface area (Å²) < 4.78 is 7.35. The molecule has 0 aliphatic carbocycles. The lowest BCUT2D eigenvalue weighted by Crippen LogP contribution is -2.21. The number of pyridine rings is 1. The van der Waals surface area contributed by atoms with E-state index in [1.165, 1.54) is 0 Å². The first-order chi connectivity index (χ1) is 10.2. The van der Waals surface area contributed by atoms with Crippen LogP contribution in [0.3, 0.4) is 0 Å². The van der Waals surface area contributed by atoms with E-state index in [1.54, 1.807) is 6.20 Å². The van der Waals surface area contributed by atoms with E-state index >= 15 is 0 Å². The van der Waals surface area contributed by atoms with Crippen LogP contribution in [-0.2, 0) is 4.79 Å². The van der Waals surface area contributed by atoms with Gasteiger partial charge in [0.25, 0.3) is 5.91 Å². The van der Waals surface area contributed by atoms with Crippen molar-refractivity contribution in [2.24, 2.45) is 0 Å². The molecule has 0 atom stereocenters. The zero-order valence-corrected chi connectivity index (χ0v) is 11.6. The van der Waals surface area contributed by atoms with Crippen molar-refractivity contribution >= 4 is 17.2 Å². The van der Waals surface area contributed by atoms with Gasteiger partial charge in [-0.2, -0.15) is 0 Å². The van der Waals surface area contributed by atoms with Crippen molar-refractivity contribution in [3.8, 4) is 5.75 Å². The van der Waals surface area contributed by atoms with Crippen LogP contribution >= 0.6 is 0 Å². The molecule has 5 nitrogen and oxygen atoms in total. The molecule has 0 unspecified atom stereocenters. The maximum atomic E-state index is 12.0. The number of amides is 1. The Morgan fingerprint density at radius 3 is 2.86 bits per heavy atom. The van der Waals surface area contributed by atoms with Crippen molar-refractivity contribution in [1.82, 2.24) is 9.38 Å². The number of para-hydroxylation sites is 1. The SMILES string of the molecule is Cc1c(NC(=O)COc2ccccc2)ccc2nccn12. The van der Waals surface area contributed by atoms with Gasteiger partial charge >= 0.3 is 0 Å². The van der Waals surface area contributed by atoms with Gasteiger partial charge in [0.2, 0.25) is 0 Å². The quantitative estimate of drug-likeness (QED) is 0.800. The Kier molecular flexibility index (Phi) is 3.55. The number of nitrogens with one attached hydrogen (secondary N) is 1. The average molecular weight is 281 g/mol. The second kappa shape index (κ2) is 5.66. The van der Waals surface area contributed by atoms with Gasteiger partial charge in [0.05, 0.1) is 5.69 Å². The predicted octanol–water partition coefficient (Wildman–Crippen LogP) is 2.66. The number of rotatable bonds is 4. The molecular weight excluding hydrogens is 266 g/mol. The fourth-order valence-electron chi connectivity index (χ4n) is 2.11. The fraction of sp³-hybridized carbons (Fsp3) is 0.125. The molecule has 2 aromatic heterocycles. The number of anilines is 1. The Morgan fingerprint density at radius 1 is 1.24 bits per heavy atom. The molecule has 0 aliphatic rings. The van der Waals surface area contributed by atoms with Gasteiger partial charge in [0.15, 0.2) is 6.61 Å². The molecule has 0 aliphatic heterocycles. The van der Waals surface area contributed by atoms with Gasteiger partial charge in [0, 0.05) is 18.1 Å². The predicted molar refractivity (Wildman–Crippen MR) is 80.5 cm³/mol. The standard InChI is InChI=1S/C16H15N3O2/c1-12-14(7-8-15-17-9-10-19(12)15)18-16(20)11-21-13-5-3-2-4-6-13/h2-10H,11H2,1H3,(H,18,20). The largest absolute Gasteiger partial charge is 0.484 e. The highest BCUT2D eigenvalue weighted by molar-refractivity contribution is 5.92.